The summed E-state index contributed by atoms with van der Waals surface area (Å²) < 4.78 is 16.1. The van der Waals surface area contributed by atoms with Crippen LogP contribution in [0, 0.1) is 0 Å². The number of fused-ring (bicyclic) bond motifs is 1. The van der Waals surface area contributed by atoms with E-state index in [9.17, 15) is 9.59 Å². The lowest BCUT2D eigenvalue weighted by atomic mass is 10.1. The molecule has 0 saturated heterocycles. The minimum atomic E-state index is -0.455. The molecule has 0 saturated carbocycles. The summed E-state index contributed by atoms with van der Waals surface area (Å²) in [6.07, 6.45) is 1.65. The Kier molecular flexibility index (Phi) is 6.39. The van der Waals surface area contributed by atoms with Crippen LogP contribution in [-0.2, 0) is 14.3 Å². The van der Waals surface area contributed by atoms with E-state index >= 15 is 0 Å². The van der Waals surface area contributed by atoms with Crippen molar-refractivity contribution in [2.45, 2.75) is 6.92 Å². The number of carbonyl (C=O) groups excluding carboxylic acids is 2. The van der Waals surface area contributed by atoms with E-state index in [4.69, 9.17) is 9.47 Å². The third kappa shape index (κ3) is 4.55. The van der Waals surface area contributed by atoms with E-state index in [1.165, 1.54) is 18.4 Å². The molecule has 0 radical (unpaired) electrons. The molecule has 1 aromatic heterocycles. The highest BCUT2D eigenvalue weighted by molar-refractivity contribution is 7.23. The van der Waals surface area contributed by atoms with Crippen LogP contribution in [0.4, 0.5) is 5.00 Å². The third-order valence-corrected chi connectivity index (χ3v) is 4.91. The van der Waals surface area contributed by atoms with E-state index in [-0.39, 0.29) is 12.6 Å². The van der Waals surface area contributed by atoms with E-state index in [1.54, 1.807) is 31.3 Å². The predicted molar refractivity (Wildman–Crippen MR) is 109 cm³/mol. The first-order chi connectivity index (χ1) is 13.6. The van der Waals surface area contributed by atoms with Gasteiger partial charge in [0.15, 0.2) is 6.61 Å². The van der Waals surface area contributed by atoms with Crippen LogP contribution < -0.4 is 4.74 Å². The summed E-state index contributed by atoms with van der Waals surface area (Å²) >= 11 is 1.43. The minimum absolute atomic E-state index is 0.166. The number of rotatable bonds is 7. The first-order valence-corrected chi connectivity index (χ1v) is 9.46. The third-order valence-electron chi connectivity index (χ3n) is 3.83. The largest absolute Gasteiger partial charge is 0.482 e. The van der Waals surface area contributed by atoms with Crippen LogP contribution in [0.1, 0.15) is 22.8 Å². The second-order valence-corrected chi connectivity index (χ2v) is 6.72. The summed E-state index contributed by atoms with van der Waals surface area (Å²) in [5.41, 5.74) is 1.24. The predicted octanol–water partition coefficient (Wildman–Crippen LogP) is 4.38. The molecule has 0 aliphatic heterocycles. The lowest BCUT2D eigenvalue weighted by molar-refractivity contribution is -0.142. The van der Waals surface area contributed by atoms with Gasteiger partial charge in [0, 0.05) is 16.3 Å². The van der Waals surface area contributed by atoms with Gasteiger partial charge in [-0.2, -0.15) is 0 Å². The lowest BCUT2D eigenvalue weighted by Crippen LogP contribution is -2.12. The zero-order valence-corrected chi connectivity index (χ0v) is 16.3. The highest BCUT2D eigenvalue weighted by Gasteiger charge is 2.19. The van der Waals surface area contributed by atoms with Crippen molar-refractivity contribution in [2.24, 2.45) is 4.99 Å². The fourth-order valence-corrected chi connectivity index (χ4v) is 3.58. The van der Waals surface area contributed by atoms with Crippen LogP contribution in [-0.4, -0.2) is 38.5 Å². The van der Waals surface area contributed by atoms with Gasteiger partial charge in [0.25, 0.3) is 0 Å². The van der Waals surface area contributed by atoms with E-state index < -0.39 is 5.97 Å². The van der Waals surface area contributed by atoms with Crippen LogP contribution in [0.5, 0.6) is 5.75 Å². The molecule has 0 atom stereocenters. The Morgan fingerprint density at radius 1 is 1.14 bits per heavy atom. The van der Waals surface area contributed by atoms with Gasteiger partial charge in [0.05, 0.1) is 13.7 Å². The second kappa shape index (κ2) is 9.14. The molecule has 6 nitrogen and oxygen atoms in total. The Morgan fingerprint density at radius 3 is 2.75 bits per heavy atom. The van der Waals surface area contributed by atoms with Gasteiger partial charge in [-0.1, -0.05) is 30.3 Å². The van der Waals surface area contributed by atoms with Crippen LogP contribution in [0.2, 0.25) is 0 Å². The molecule has 1 heterocycles. The van der Waals surface area contributed by atoms with E-state index in [1.807, 2.05) is 30.3 Å². The average Bonchev–Trinajstić information content (AvgIpc) is 3.09. The van der Waals surface area contributed by atoms with Crippen molar-refractivity contribution in [1.82, 2.24) is 0 Å². The van der Waals surface area contributed by atoms with Crippen LogP contribution >= 0.6 is 11.3 Å². The number of esters is 2. The molecule has 0 spiro atoms. The SMILES string of the molecule is CCOC(=O)c1c(N=Cc2cccc(OCC(=O)OC)c2)sc2ccccc12. The molecule has 0 aliphatic rings. The standard InChI is InChI=1S/C21H19NO5S/c1-3-26-21(24)19-16-9-4-5-10-17(16)28-20(19)22-12-14-7-6-8-15(11-14)27-13-18(23)25-2/h4-12H,3,13H2,1-2H3. The molecule has 0 bridgehead atoms. The van der Waals surface area contributed by atoms with Crippen LogP contribution in [0.15, 0.2) is 53.5 Å². The van der Waals surface area contributed by atoms with Gasteiger partial charge < -0.3 is 14.2 Å². The van der Waals surface area contributed by atoms with Crippen molar-refractivity contribution in [3.8, 4) is 5.75 Å². The topological polar surface area (TPSA) is 74.2 Å². The van der Waals surface area contributed by atoms with Gasteiger partial charge in [-0.25, -0.2) is 14.6 Å². The number of hydrogen-bond acceptors (Lipinski definition) is 7. The monoisotopic (exact) mass is 397 g/mol. The summed E-state index contributed by atoms with van der Waals surface area (Å²) in [5.74, 6) is -0.318. The quantitative estimate of drug-likeness (QED) is 0.437. The van der Waals surface area contributed by atoms with Crippen molar-refractivity contribution < 1.29 is 23.8 Å². The lowest BCUT2D eigenvalue weighted by Gasteiger charge is -2.05. The number of thiophene rings is 1. The maximum atomic E-state index is 12.4. The highest BCUT2D eigenvalue weighted by Crippen LogP contribution is 2.38. The molecule has 2 aromatic carbocycles. The Balaban J connectivity index is 1.88. The Bertz CT molecular complexity index is 1020. The van der Waals surface area contributed by atoms with Gasteiger partial charge in [0.1, 0.15) is 16.3 Å². The minimum Gasteiger partial charge on any atom is -0.482 e. The number of ether oxygens (including phenoxy) is 3. The van der Waals surface area contributed by atoms with Crippen molar-refractivity contribution >= 4 is 44.6 Å². The van der Waals surface area contributed by atoms with E-state index in [0.717, 1.165) is 15.6 Å². The van der Waals surface area contributed by atoms with Gasteiger partial charge >= 0.3 is 11.9 Å². The molecule has 0 N–H and O–H groups in total. The number of methoxy groups -OCH3 is 1. The number of aliphatic imine (C=N–C) groups is 1. The average molecular weight is 397 g/mol. The van der Waals surface area contributed by atoms with Gasteiger partial charge in [-0.3, -0.25) is 0 Å². The summed E-state index contributed by atoms with van der Waals surface area (Å²) in [6.45, 7) is 1.90. The van der Waals surface area contributed by atoms with Crippen LogP contribution in [0.25, 0.3) is 10.1 Å². The highest BCUT2D eigenvalue weighted by atomic mass is 32.1. The molecule has 0 unspecified atom stereocenters. The zero-order valence-electron chi connectivity index (χ0n) is 15.5. The van der Waals surface area contributed by atoms with E-state index in [0.29, 0.717) is 22.9 Å². The van der Waals surface area contributed by atoms with Gasteiger partial charge in [-0.05, 0) is 30.7 Å². The second-order valence-electron chi connectivity index (χ2n) is 5.69. The van der Waals surface area contributed by atoms with Crippen molar-refractivity contribution in [3.05, 3.63) is 59.7 Å². The molecule has 7 heteroatoms. The Hall–Kier alpha value is -3.19. The fourth-order valence-electron chi connectivity index (χ4n) is 2.54. The molecule has 0 fully saturated rings. The number of carbonyl (C=O) groups is 2. The number of nitrogens with zero attached hydrogens (tertiary/aromatic N) is 1. The van der Waals surface area contributed by atoms with Crippen LogP contribution in [0.3, 0.4) is 0 Å². The molecular weight excluding hydrogens is 378 g/mol. The van der Waals surface area contributed by atoms with Gasteiger partial charge in [0.2, 0.25) is 0 Å². The fraction of sp³-hybridized carbons (Fsp3) is 0.190. The zero-order chi connectivity index (χ0) is 19.9. The molecule has 0 aliphatic carbocycles. The van der Waals surface area contributed by atoms with E-state index in [2.05, 4.69) is 9.73 Å². The molecule has 144 valence electrons. The first-order valence-electron chi connectivity index (χ1n) is 8.64. The molecule has 0 amide bonds. The first kappa shape index (κ1) is 19.6. The van der Waals surface area contributed by atoms with Crippen molar-refractivity contribution in [1.29, 1.82) is 0 Å². The normalized spacial score (nSPS) is 10.9. The summed E-state index contributed by atoms with van der Waals surface area (Å²) in [4.78, 5) is 28.1. The summed E-state index contributed by atoms with van der Waals surface area (Å²) in [5, 5.41) is 1.41. The van der Waals surface area contributed by atoms with Crippen molar-refractivity contribution in [2.75, 3.05) is 20.3 Å². The summed E-state index contributed by atoms with van der Waals surface area (Å²) in [7, 11) is 1.31. The maximum absolute atomic E-state index is 12.4. The van der Waals surface area contributed by atoms with Crippen molar-refractivity contribution in [3.63, 3.8) is 0 Å². The Morgan fingerprint density at radius 2 is 1.96 bits per heavy atom. The molecule has 28 heavy (non-hydrogen) atoms. The molecule has 3 aromatic rings. The van der Waals surface area contributed by atoms with Gasteiger partial charge in [-0.15, -0.1) is 11.3 Å². The smallest absolute Gasteiger partial charge is 0.343 e. The number of hydrogen-bond donors (Lipinski definition) is 0. The molecule has 3 rings (SSSR count). The summed E-state index contributed by atoms with van der Waals surface area (Å²) in [6, 6.07) is 14.8. The number of benzene rings is 2. The molecular formula is C21H19NO5S. The Labute approximate surface area is 166 Å². The maximum Gasteiger partial charge on any atom is 0.343 e.